The number of fused-ring (bicyclic) bond motifs is 6. The zero-order valence-corrected chi connectivity index (χ0v) is 12.9. The molecule has 4 aliphatic rings. The summed E-state index contributed by atoms with van der Waals surface area (Å²) in [5, 5.41) is 0. The monoisotopic (exact) mass is 268 g/mol. The van der Waals surface area contributed by atoms with Gasteiger partial charge in [0.25, 0.3) is 0 Å². The highest BCUT2D eigenvalue weighted by atomic mass is 16.5. The van der Waals surface area contributed by atoms with Gasteiger partial charge in [0.1, 0.15) is 0 Å². The summed E-state index contributed by atoms with van der Waals surface area (Å²) >= 11 is 0. The van der Waals surface area contributed by atoms with Crippen LogP contribution in [0.15, 0.2) is 0 Å². The van der Waals surface area contributed by atoms with Crippen molar-refractivity contribution in [2.45, 2.75) is 38.5 Å². The Morgan fingerprint density at radius 1 is 0.632 bits per heavy atom. The molecular weight excluding hydrogens is 236 g/mol. The minimum absolute atomic E-state index is 0.913. The fraction of sp³-hybridized carbons (Fsp3) is 1.00. The lowest BCUT2D eigenvalue weighted by Gasteiger charge is -2.26. The van der Waals surface area contributed by atoms with Gasteiger partial charge < -0.3 is 14.5 Å². The molecule has 0 aromatic carbocycles. The predicted molar refractivity (Wildman–Crippen MR) is 80.5 cm³/mol. The molecule has 3 nitrogen and oxygen atoms in total. The van der Waals surface area contributed by atoms with Crippen molar-refractivity contribution in [2.24, 2.45) is 11.8 Å². The lowest BCUT2D eigenvalue weighted by Crippen LogP contribution is -2.32. The van der Waals surface area contributed by atoms with Crippen molar-refractivity contribution in [2.75, 3.05) is 53.5 Å². The highest BCUT2D eigenvalue weighted by Crippen LogP contribution is 2.33. The lowest BCUT2D eigenvalue weighted by atomic mass is 9.80. The van der Waals surface area contributed by atoms with Crippen molar-refractivity contribution in [1.29, 1.82) is 0 Å². The molecule has 0 unspecified atom stereocenters. The molecule has 3 saturated heterocycles. The molecule has 0 N–H and O–H groups in total. The molecule has 2 bridgehead atoms. The van der Waals surface area contributed by atoms with Crippen molar-refractivity contribution < 1.29 is 4.74 Å². The minimum atomic E-state index is 0.913. The fourth-order valence-electron chi connectivity index (χ4n) is 3.38. The van der Waals surface area contributed by atoms with E-state index in [2.05, 4.69) is 23.9 Å². The van der Waals surface area contributed by atoms with E-state index in [0.717, 1.165) is 38.1 Å². The van der Waals surface area contributed by atoms with Gasteiger partial charge in [-0.1, -0.05) is 25.7 Å². The van der Waals surface area contributed by atoms with Crippen LogP contribution in [0.5, 0.6) is 0 Å². The number of hydrogen-bond acceptors (Lipinski definition) is 3. The molecule has 112 valence electrons. The number of morpholine rings is 1. The molecule has 0 aromatic heterocycles. The zero-order chi connectivity index (χ0) is 13.5. The Hall–Kier alpha value is -0.120. The molecule has 3 heterocycles. The van der Waals surface area contributed by atoms with E-state index in [1.54, 1.807) is 0 Å². The quantitative estimate of drug-likeness (QED) is 0.671. The first-order chi connectivity index (χ1) is 9.24. The summed E-state index contributed by atoms with van der Waals surface area (Å²) in [6.45, 7) is 6.71. The van der Waals surface area contributed by atoms with Gasteiger partial charge in [-0.25, -0.2) is 0 Å². The summed E-state index contributed by atoms with van der Waals surface area (Å²) in [7, 11) is 4.40. The average Bonchev–Trinajstić information content (AvgIpc) is 2.58. The number of rotatable bonds is 0. The van der Waals surface area contributed by atoms with E-state index in [-0.39, 0.29) is 0 Å². The van der Waals surface area contributed by atoms with Crippen LogP contribution in [0.3, 0.4) is 0 Å². The van der Waals surface area contributed by atoms with E-state index >= 15 is 0 Å². The Labute approximate surface area is 119 Å². The number of likely N-dealkylation sites (N-methyl/N-ethyl adjacent to an activating group) is 1. The summed E-state index contributed by atoms with van der Waals surface area (Å²) in [6, 6.07) is 0. The van der Waals surface area contributed by atoms with Crippen LogP contribution in [0.25, 0.3) is 0 Å². The molecule has 19 heavy (non-hydrogen) atoms. The molecule has 0 spiro atoms. The fourth-order valence-corrected chi connectivity index (χ4v) is 3.38. The van der Waals surface area contributed by atoms with Crippen LogP contribution >= 0.6 is 0 Å². The van der Waals surface area contributed by atoms with E-state index in [0.29, 0.717) is 0 Å². The molecule has 0 atom stereocenters. The van der Waals surface area contributed by atoms with E-state index in [9.17, 15) is 0 Å². The van der Waals surface area contributed by atoms with Gasteiger partial charge in [-0.15, -0.1) is 0 Å². The first-order valence-corrected chi connectivity index (χ1v) is 8.19. The SMILES string of the molecule is CN1CCC2CCC(CC2)CC1.CN1CCOCC1. The molecule has 1 aliphatic carbocycles. The van der Waals surface area contributed by atoms with Crippen LogP contribution in [-0.2, 0) is 4.74 Å². The van der Waals surface area contributed by atoms with Crippen molar-refractivity contribution in [3.63, 3.8) is 0 Å². The topological polar surface area (TPSA) is 15.7 Å². The molecular formula is C16H32N2O. The molecule has 0 radical (unpaired) electrons. The van der Waals surface area contributed by atoms with E-state index in [4.69, 9.17) is 4.74 Å². The number of nitrogens with zero attached hydrogens (tertiary/aromatic N) is 2. The van der Waals surface area contributed by atoms with E-state index < -0.39 is 0 Å². The van der Waals surface area contributed by atoms with Gasteiger partial charge in [0.2, 0.25) is 0 Å². The Morgan fingerprint density at radius 3 is 1.42 bits per heavy atom. The van der Waals surface area contributed by atoms with Gasteiger partial charge in [0.15, 0.2) is 0 Å². The molecule has 3 aliphatic heterocycles. The zero-order valence-electron chi connectivity index (χ0n) is 12.9. The smallest absolute Gasteiger partial charge is 0.0594 e. The van der Waals surface area contributed by atoms with Gasteiger partial charge in [0.05, 0.1) is 13.2 Å². The van der Waals surface area contributed by atoms with Crippen molar-refractivity contribution in [3.8, 4) is 0 Å². The van der Waals surface area contributed by atoms with Crippen molar-refractivity contribution in [1.82, 2.24) is 9.80 Å². The van der Waals surface area contributed by atoms with Crippen LogP contribution < -0.4 is 0 Å². The van der Waals surface area contributed by atoms with E-state index in [1.165, 1.54) is 51.6 Å². The summed E-state index contributed by atoms with van der Waals surface area (Å²) < 4.78 is 5.10. The second-order valence-corrected chi connectivity index (χ2v) is 6.68. The Morgan fingerprint density at radius 2 is 1.05 bits per heavy atom. The largest absolute Gasteiger partial charge is 0.379 e. The van der Waals surface area contributed by atoms with Crippen LogP contribution in [0, 0.1) is 11.8 Å². The highest BCUT2D eigenvalue weighted by molar-refractivity contribution is 4.76. The summed E-state index contributed by atoms with van der Waals surface area (Å²) in [4.78, 5) is 4.79. The maximum absolute atomic E-state index is 5.10. The van der Waals surface area contributed by atoms with Crippen LogP contribution in [0.2, 0.25) is 0 Å². The van der Waals surface area contributed by atoms with Gasteiger partial charge in [0, 0.05) is 13.1 Å². The summed E-state index contributed by atoms with van der Waals surface area (Å²) in [6.07, 6.45) is 9.03. The number of ether oxygens (including phenoxy) is 1. The molecule has 4 rings (SSSR count). The van der Waals surface area contributed by atoms with Gasteiger partial charge >= 0.3 is 0 Å². The number of hydrogen-bond donors (Lipinski definition) is 0. The van der Waals surface area contributed by atoms with Crippen LogP contribution in [0.1, 0.15) is 38.5 Å². The highest BCUT2D eigenvalue weighted by Gasteiger charge is 2.23. The molecule has 0 amide bonds. The normalized spacial score (nSPS) is 33.8. The maximum atomic E-state index is 5.10. The van der Waals surface area contributed by atoms with E-state index in [1.807, 2.05) is 0 Å². The summed E-state index contributed by atoms with van der Waals surface area (Å²) in [5.41, 5.74) is 0. The first-order valence-electron chi connectivity index (χ1n) is 8.19. The summed E-state index contributed by atoms with van der Waals surface area (Å²) in [5.74, 6) is 2.14. The van der Waals surface area contributed by atoms with Crippen molar-refractivity contribution in [3.05, 3.63) is 0 Å². The van der Waals surface area contributed by atoms with Gasteiger partial charge in [-0.3, -0.25) is 0 Å². The Balaban J connectivity index is 0.000000163. The third-order valence-electron chi connectivity index (χ3n) is 5.04. The van der Waals surface area contributed by atoms with Gasteiger partial charge in [-0.2, -0.15) is 0 Å². The van der Waals surface area contributed by atoms with Crippen LogP contribution in [0.4, 0.5) is 0 Å². The maximum Gasteiger partial charge on any atom is 0.0594 e. The van der Waals surface area contributed by atoms with Crippen LogP contribution in [-0.4, -0.2) is 63.3 Å². The minimum Gasteiger partial charge on any atom is -0.379 e. The van der Waals surface area contributed by atoms with Gasteiger partial charge in [-0.05, 0) is 51.9 Å². The average molecular weight is 268 g/mol. The molecule has 1 saturated carbocycles. The third kappa shape index (κ3) is 5.80. The van der Waals surface area contributed by atoms with Crippen molar-refractivity contribution >= 4 is 0 Å². The lowest BCUT2D eigenvalue weighted by molar-refractivity contribution is 0.0503. The first kappa shape index (κ1) is 15.3. The molecule has 3 heteroatoms. The Kier molecular flexibility index (Phi) is 6.62. The second kappa shape index (κ2) is 8.23. The predicted octanol–water partition coefficient (Wildman–Crippen LogP) is 2.47. The molecule has 0 aromatic rings. The standard InChI is InChI=1S/C11H21N.C5H11NO/c1-12-8-6-10-2-3-11(5-4-10)7-9-12;1-6-2-4-7-5-3-6/h10-11H,2-9H2,1H3;2-5H2,1H3. The Bertz CT molecular complexity index is 217. The third-order valence-corrected chi connectivity index (χ3v) is 5.04. The second-order valence-electron chi connectivity index (χ2n) is 6.68. The molecule has 4 fully saturated rings.